The SMILES string of the molecule is CC(C)N1CCCC1c1nc(C=O)no1. The van der Waals surface area contributed by atoms with Crippen molar-refractivity contribution in [2.45, 2.75) is 38.8 Å². The quantitative estimate of drug-likeness (QED) is 0.705. The summed E-state index contributed by atoms with van der Waals surface area (Å²) in [6, 6.07) is 0.648. The van der Waals surface area contributed by atoms with Gasteiger partial charge in [-0.05, 0) is 33.2 Å². The molecule has 0 amide bonds. The second-order valence-corrected chi connectivity index (χ2v) is 4.10. The van der Waals surface area contributed by atoms with E-state index in [1.807, 2.05) is 0 Å². The van der Waals surface area contributed by atoms with Crippen LogP contribution >= 0.6 is 0 Å². The van der Waals surface area contributed by atoms with Crippen LogP contribution in [0.3, 0.4) is 0 Å². The van der Waals surface area contributed by atoms with Gasteiger partial charge in [-0.3, -0.25) is 9.69 Å². The summed E-state index contributed by atoms with van der Waals surface area (Å²) >= 11 is 0. The number of carbonyl (C=O) groups is 1. The van der Waals surface area contributed by atoms with Crippen molar-refractivity contribution in [2.24, 2.45) is 0 Å². The number of likely N-dealkylation sites (tertiary alicyclic amines) is 1. The lowest BCUT2D eigenvalue weighted by molar-refractivity contribution is 0.111. The van der Waals surface area contributed by atoms with Gasteiger partial charge in [-0.15, -0.1) is 0 Å². The fourth-order valence-corrected chi connectivity index (χ4v) is 2.10. The van der Waals surface area contributed by atoms with Crippen molar-refractivity contribution in [3.63, 3.8) is 0 Å². The van der Waals surface area contributed by atoms with Gasteiger partial charge >= 0.3 is 0 Å². The lowest BCUT2D eigenvalue weighted by Crippen LogP contribution is -2.30. The van der Waals surface area contributed by atoms with E-state index in [9.17, 15) is 4.79 Å². The maximum Gasteiger partial charge on any atom is 0.244 e. The number of hydrogen-bond acceptors (Lipinski definition) is 5. The van der Waals surface area contributed by atoms with Crippen molar-refractivity contribution in [1.29, 1.82) is 0 Å². The summed E-state index contributed by atoms with van der Waals surface area (Å²) in [6.07, 6.45) is 2.78. The summed E-state index contributed by atoms with van der Waals surface area (Å²) in [7, 11) is 0. The number of aldehydes is 1. The Labute approximate surface area is 88.5 Å². The molecule has 2 rings (SSSR count). The molecule has 1 fully saturated rings. The molecule has 15 heavy (non-hydrogen) atoms. The van der Waals surface area contributed by atoms with Crippen molar-refractivity contribution >= 4 is 6.29 Å². The van der Waals surface area contributed by atoms with Crippen LogP contribution in [0.2, 0.25) is 0 Å². The van der Waals surface area contributed by atoms with E-state index in [4.69, 9.17) is 4.52 Å². The van der Waals surface area contributed by atoms with Crippen LogP contribution in [-0.4, -0.2) is 33.9 Å². The molecule has 0 aromatic carbocycles. The van der Waals surface area contributed by atoms with Gasteiger partial charge in [0, 0.05) is 6.04 Å². The topological polar surface area (TPSA) is 59.2 Å². The van der Waals surface area contributed by atoms with Gasteiger partial charge in [-0.1, -0.05) is 5.16 Å². The highest BCUT2D eigenvalue weighted by Crippen LogP contribution is 2.32. The Kier molecular flexibility index (Phi) is 2.81. The Morgan fingerprint density at radius 1 is 1.60 bits per heavy atom. The minimum Gasteiger partial charge on any atom is -0.337 e. The number of nitrogens with zero attached hydrogens (tertiary/aromatic N) is 3. The van der Waals surface area contributed by atoms with Gasteiger partial charge < -0.3 is 4.52 Å². The normalized spacial score (nSPS) is 22.5. The molecule has 0 saturated carbocycles. The molecule has 5 nitrogen and oxygen atoms in total. The third-order valence-corrected chi connectivity index (χ3v) is 2.81. The summed E-state index contributed by atoms with van der Waals surface area (Å²) < 4.78 is 5.09. The van der Waals surface area contributed by atoms with E-state index >= 15 is 0 Å². The predicted octanol–water partition coefficient (Wildman–Crippen LogP) is 1.43. The Morgan fingerprint density at radius 3 is 3.00 bits per heavy atom. The Bertz CT molecular complexity index is 348. The van der Waals surface area contributed by atoms with Crippen LogP contribution in [0.5, 0.6) is 0 Å². The Balaban J connectivity index is 2.18. The van der Waals surface area contributed by atoms with Crippen molar-refractivity contribution in [3.8, 4) is 0 Å². The third-order valence-electron chi connectivity index (χ3n) is 2.81. The van der Waals surface area contributed by atoms with E-state index in [0.717, 1.165) is 19.4 Å². The van der Waals surface area contributed by atoms with Gasteiger partial charge in [0.15, 0.2) is 6.29 Å². The van der Waals surface area contributed by atoms with Crippen LogP contribution in [0.4, 0.5) is 0 Å². The van der Waals surface area contributed by atoms with Crippen molar-refractivity contribution in [3.05, 3.63) is 11.7 Å². The van der Waals surface area contributed by atoms with E-state index in [2.05, 4.69) is 28.9 Å². The molecule has 2 heterocycles. The molecule has 0 bridgehead atoms. The van der Waals surface area contributed by atoms with Crippen molar-refractivity contribution < 1.29 is 9.32 Å². The standard InChI is InChI=1S/C10H15N3O2/c1-7(2)13-5-3-4-8(13)10-11-9(6-14)12-15-10/h6-8H,3-5H2,1-2H3. The van der Waals surface area contributed by atoms with Crippen LogP contribution < -0.4 is 0 Å². The molecule has 1 aliphatic rings. The lowest BCUT2D eigenvalue weighted by Gasteiger charge is -2.25. The lowest BCUT2D eigenvalue weighted by atomic mass is 10.2. The molecule has 1 unspecified atom stereocenters. The Hall–Kier alpha value is -1.23. The van der Waals surface area contributed by atoms with E-state index in [1.165, 1.54) is 0 Å². The van der Waals surface area contributed by atoms with Crippen molar-refractivity contribution in [2.75, 3.05) is 6.54 Å². The molecule has 82 valence electrons. The molecule has 0 radical (unpaired) electrons. The number of rotatable bonds is 3. The summed E-state index contributed by atoms with van der Waals surface area (Å²) in [4.78, 5) is 16.8. The first-order chi connectivity index (χ1) is 7.22. The highest BCUT2D eigenvalue weighted by molar-refractivity contribution is 5.68. The summed E-state index contributed by atoms with van der Waals surface area (Å²) in [5.41, 5.74) is 0. The molecule has 1 aromatic heterocycles. The Morgan fingerprint density at radius 2 is 2.40 bits per heavy atom. The highest BCUT2D eigenvalue weighted by Gasteiger charge is 2.31. The fourth-order valence-electron chi connectivity index (χ4n) is 2.10. The van der Waals surface area contributed by atoms with Gasteiger partial charge in [0.1, 0.15) is 0 Å². The largest absolute Gasteiger partial charge is 0.337 e. The molecular formula is C10H15N3O2. The van der Waals surface area contributed by atoms with E-state index < -0.39 is 0 Å². The van der Waals surface area contributed by atoms with Crippen molar-refractivity contribution in [1.82, 2.24) is 15.0 Å². The maximum absolute atomic E-state index is 10.5. The molecule has 0 spiro atoms. The highest BCUT2D eigenvalue weighted by atomic mass is 16.5. The molecule has 1 aromatic rings. The number of aromatic nitrogens is 2. The van der Waals surface area contributed by atoms with E-state index in [-0.39, 0.29) is 11.9 Å². The monoisotopic (exact) mass is 209 g/mol. The van der Waals surface area contributed by atoms with Gasteiger partial charge in [0.2, 0.25) is 11.7 Å². The average Bonchev–Trinajstić information content (AvgIpc) is 2.85. The van der Waals surface area contributed by atoms with E-state index in [1.54, 1.807) is 0 Å². The second-order valence-electron chi connectivity index (χ2n) is 4.10. The smallest absolute Gasteiger partial charge is 0.244 e. The first kappa shape index (κ1) is 10.3. The molecule has 0 aliphatic carbocycles. The summed E-state index contributed by atoms with van der Waals surface area (Å²) in [6.45, 7) is 5.35. The number of carbonyl (C=O) groups excluding carboxylic acids is 1. The zero-order valence-corrected chi connectivity index (χ0v) is 9.01. The molecular weight excluding hydrogens is 194 g/mol. The van der Waals surface area contributed by atoms with E-state index in [0.29, 0.717) is 18.2 Å². The third kappa shape index (κ3) is 1.92. The van der Waals surface area contributed by atoms with Crippen LogP contribution in [-0.2, 0) is 0 Å². The minimum atomic E-state index is 0.139. The molecule has 0 N–H and O–H groups in total. The summed E-state index contributed by atoms with van der Waals surface area (Å²) in [5, 5.41) is 3.59. The second kappa shape index (κ2) is 4.10. The van der Waals surface area contributed by atoms with Crippen LogP contribution in [0.1, 0.15) is 49.2 Å². The molecule has 1 saturated heterocycles. The predicted molar refractivity (Wildman–Crippen MR) is 53.5 cm³/mol. The average molecular weight is 209 g/mol. The maximum atomic E-state index is 10.5. The van der Waals surface area contributed by atoms with Crippen LogP contribution in [0.15, 0.2) is 4.52 Å². The first-order valence-corrected chi connectivity index (χ1v) is 5.27. The minimum absolute atomic E-state index is 0.139. The van der Waals surface area contributed by atoms with Crippen LogP contribution in [0.25, 0.3) is 0 Å². The molecule has 1 atom stereocenters. The fraction of sp³-hybridized carbons (Fsp3) is 0.700. The summed E-state index contributed by atoms with van der Waals surface area (Å²) in [5.74, 6) is 0.712. The van der Waals surface area contributed by atoms with Crippen LogP contribution in [0, 0.1) is 0 Å². The van der Waals surface area contributed by atoms with Gasteiger partial charge in [-0.2, -0.15) is 4.98 Å². The first-order valence-electron chi connectivity index (χ1n) is 5.27. The zero-order chi connectivity index (χ0) is 10.8. The zero-order valence-electron chi connectivity index (χ0n) is 9.01. The van der Waals surface area contributed by atoms with Gasteiger partial charge in [-0.25, -0.2) is 0 Å². The van der Waals surface area contributed by atoms with Gasteiger partial charge in [0.05, 0.1) is 6.04 Å². The molecule has 1 aliphatic heterocycles. The molecule has 5 heteroatoms. The number of hydrogen-bond donors (Lipinski definition) is 0. The van der Waals surface area contributed by atoms with Gasteiger partial charge in [0.25, 0.3) is 0 Å².